The molecule has 0 radical (unpaired) electrons. The van der Waals surface area contributed by atoms with E-state index in [9.17, 15) is 9.18 Å². The Bertz CT molecular complexity index is 614. The Morgan fingerprint density at radius 3 is 3.00 bits per heavy atom. The van der Waals surface area contributed by atoms with Crippen molar-refractivity contribution in [1.29, 1.82) is 0 Å². The Morgan fingerprint density at radius 1 is 1.35 bits per heavy atom. The van der Waals surface area contributed by atoms with E-state index in [1.54, 1.807) is 29.0 Å². The van der Waals surface area contributed by atoms with Crippen LogP contribution in [0.25, 0.3) is 10.8 Å². The first-order valence-corrected chi connectivity index (χ1v) is 5.77. The number of benzene rings is 1. The second-order valence-electron chi connectivity index (χ2n) is 4.38. The molecule has 0 spiro atoms. The third kappa shape index (κ3) is 1.65. The summed E-state index contributed by atoms with van der Waals surface area (Å²) >= 11 is 0. The van der Waals surface area contributed by atoms with Gasteiger partial charge in [0.05, 0.1) is 11.4 Å². The minimum atomic E-state index is -0.437. The van der Waals surface area contributed by atoms with Gasteiger partial charge in [0, 0.05) is 12.7 Å². The van der Waals surface area contributed by atoms with Crippen LogP contribution in [0.4, 0.5) is 4.39 Å². The number of nitrogens with one attached hydrogen (secondary N) is 1. The molecule has 1 aliphatic rings. The van der Waals surface area contributed by atoms with Gasteiger partial charge in [-0.1, -0.05) is 12.1 Å². The van der Waals surface area contributed by atoms with Crippen LogP contribution in [0.3, 0.4) is 0 Å². The zero-order valence-corrected chi connectivity index (χ0v) is 9.32. The SMILES string of the molecule is O=c1c2c(F)cccc2ccn1C1CCNC1. The summed E-state index contributed by atoms with van der Waals surface area (Å²) in [4.78, 5) is 12.2. The molecule has 1 fully saturated rings. The van der Waals surface area contributed by atoms with Gasteiger partial charge in [-0.2, -0.15) is 0 Å². The lowest BCUT2D eigenvalue weighted by atomic mass is 10.1. The Kier molecular flexibility index (Phi) is 2.44. The Balaban J connectivity index is 2.25. The molecule has 17 heavy (non-hydrogen) atoms. The van der Waals surface area contributed by atoms with Gasteiger partial charge in [-0.05, 0) is 30.5 Å². The van der Waals surface area contributed by atoms with E-state index in [4.69, 9.17) is 0 Å². The summed E-state index contributed by atoms with van der Waals surface area (Å²) < 4.78 is 15.3. The lowest BCUT2D eigenvalue weighted by Crippen LogP contribution is -2.26. The molecule has 1 aliphatic heterocycles. The maximum atomic E-state index is 13.7. The lowest BCUT2D eigenvalue weighted by molar-refractivity contribution is 0.530. The van der Waals surface area contributed by atoms with Gasteiger partial charge < -0.3 is 9.88 Å². The second-order valence-corrected chi connectivity index (χ2v) is 4.38. The van der Waals surface area contributed by atoms with Crippen molar-refractivity contribution in [1.82, 2.24) is 9.88 Å². The Hall–Kier alpha value is -1.68. The fourth-order valence-corrected chi connectivity index (χ4v) is 2.43. The van der Waals surface area contributed by atoms with Crippen molar-refractivity contribution in [2.75, 3.05) is 13.1 Å². The van der Waals surface area contributed by atoms with Crippen LogP contribution in [0.15, 0.2) is 35.3 Å². The van der Waals surface area contributed by atoms with Crippen molar-refractivity contribution < 1.29 is 4.39 Å². The molecule has 1 unspecified atom stereocenters. The summed E-state index contributed by atoms with van der Waals surface area (Å²) in [6, 6.07) is 6.67. The smallest absolute Gasteiger partial charge is 0.261 e. The summed E-state index contributed by atoms with van der Waals surface area (Å²) in [5.41, 5.74) is -0.227. The summed E-state index contributed by atoms with van der Waals surface area (Å²) in [5, 5.41) is 4.07. The van der Waals surface area contributed by atoms with E-state index < -0.39 is 5.82 Å². The highest BCUT2D eigenvalue weighted by atomic mass is 19.1. The molecular formula is C13H13FN2O. The van der Waals surface area contributed by atoms with Gasteiger partial charge in [-0.15, -0.1) is 0 Å². The van der Waals surface area contributed by atoms with Crippen molar-refractivity contribution in [3.8, 4) is 0 Å². The molecule has 4 heteroatoms. The van der Waals surface area contributed by atoms with Gasteiger partial charge in [0.2, 0.25) is 0 Å². The van der Waals surface area contributed by atoms with E-state index in [1.165, 1.54) is 6.07 Å². The number of rotatable bonds is 1. The number of nitrogens with zero attached hydrogens (tertiary/aromatic N) is 1. The molecular weight excluding hydrogens is 219 g/mol. The van der Waals surface area contributed by atoms with E-state index in [2.05, 4.69) is 5.32 Å². The highest BCUT2D eigenvalue weighted by molar-refractivity contribution is 5.81. The summed E-state index contributed by atoms with van der Waals surface area (Å²) in [6.07, 6.45) is 2.68. The Morgan fingerprint density at radius 2 is 2.24 bits per heavy atom. The molecule has 0 saturated carbocycles. The van der Waals surface area contributed by atoms with Gasteiger partial charge in [0.25, 0.3) is 5.56 Å². The van der Waals surface area contributed by atoms with Gasteiger partial charge in [-0.25, -0.2) is 4.39 Å². The third-order valence-corrected chi connectivity index (χ3v) is 3.34. The zero-order chi connectivity index (χ0) is 11.8. The summed E-state index contributed by atoms with van der Waals surface area (Å²) in [6.45, 7) is 1.69. The first kappa shape index (κ1) is 10.5. The molecule has 0 amide bonds. The topological polar surface area (TPSA) is 34.0 Å². The number of pyridine rings is 1. The quantitative estimate of drug-likeness (QED) is 0.811. The van der Waals surface area contributed by atoms with E-state index >= 15 is 0 Å². The summed E-state index contributed by atoms with van der Waals surface area (Å²) in [5.74, 6) is -0.437. The van der Waals surface area contributed by atoms with Crippen LogP contribution < -0.4 is 10.9 Å². The fourth-order valence-electron chi connectivity index (χ4n) is 2.43. The average Bonchev–Trinajstić information content (AvgIpc) is 2.83. The molecule has 1 aromatic carbocycles. The Labute approximate surface area is 97.9 Å². The molecule has 3 nitrogen and oxygen atoms in total. The monoisotopic (exact) mass is 232 g/mol. The first-order valence-electron chi connectivity index (χ1n) is 5.77. The fraction of sp³-hybridized carbons (Fsp3) is 0.308. The van der Waals surface area contributed by atoms with E-state index in [1.807, 2.05) is 0 Å². The van der Waals surface area contributed by atoms with Crippen LogP contribution in [0.5, 0.6) is 0 Å². The molecule has 1 saturated heterocycles. The molecule has 0 bridgehead atoms. The van der Waals surface area contributed by atoms with Crippen LogP contribution in [0.1, 0.15) is 12.5 Å². The van der Waals surface area contributed by atoms with Crippen molar-refractivity contribution in [3.05, 3.63) is 46.6 Å². The van der Waals surface area contributed by atoms with Crippen LogP contribution >= 0.6 is 0 Å². The van der Waals surface area contributed by atoms with Crippen molar-refractivity contribution in [2.45, 2.75) is 12.5 Å². The van der Waals surface area contributed by atoms with E-state index in [-0.39, 0.29) is 17.0 Å². The molecule has 88 valence electrons. The standard InChI is InChI=1S/C13H13FN2O/c14-11-3-1-2-9-5-7-16(13(17)12(9)11)10-4-6-15-8-10/h1-3,5,7,10,15H,4,6,8H2. The lowest BCUT2D eigenvalue weighted by Gasteiger charge is -2.13. The highest BCUT2D eigenvalue weighted by Crippen LogP contribution is 2.17. The number of hydrogen-bond donors (Lipinski definition) is 1. The van der Waals surface area contributed by atoms with Crippen LogP contribution in [0.2, 0.25) is 0 Å². The van der Waals surface area contributed by atoms with Crippen molar-refractivity contribution in [3.63, 3.8) is 0 Å². The maximum Gasteiger partial charge on any atom is 0.261 e. The van der Waals surface area contributed by atoms with E-state index in [0.717, 1.165) is 19.5 Å². The predicted octanol–water partition coefficient (Wildman–Crippen LogP) is 1.67. The zero-order valence-electron chi connectivity index (χ0n) is 9.32. The largest absolute Gasteiger partial charge is 0.315 e. The molecule has 0 aliphatic carbocycles. The number of aromatic nitrogens is 1. The second kappa shape index (κ2) is 3.96. The molecule has 1 N–H and O–H groups in total. The normalized spacial score (nSPS) is 19.9. The van der Waals surface area contributed by atoms with E-state index in [0.29, 0.717) is 5.39 Å². The number of hydrogen-bond acceptors (Lipinski definition) is 2. The summed E-state index contributed by atoms with van der Waals surface area (Å²) in [7, 11) is 0. The number of fused-ring (bicyclic) bond motifs is 1. The van der Waals surface area contributed by atoms with Crippen molar-refractivity contribution in [2.24, 2.45) is 0 Å². The van der Waals surface area contributed by atoms with Crippen molar-refractivity contribution >= 4 is 10.8 Å². The van der Waals surface area contributed by atoms with Crippen LogP contribution in [0, 0.1) is 5.82 Å². The van der Waals surface area contributed by atoms with Gasteiger partial charge in [0.15, 0.2) is 0 Å². The first-order chi connectivity index (χ1) is 8.27. The molecule has 2 aromatic rings. The molecule has 3 rings (SSSR count). The number of halogens is 1. The molecule has 1 atom stereocenters. The third-order valence-electron chi connectivity index (χ3n) is 3.34. The average molecular weight is 232 g/mol. The van der Waals surface area contributed by atoms with Gasteiger partial charge >= 0.3 is 0 Å². The molecule has 1 aromatic heterocycles. The van der Waals surface area contributed by atoms with Crippen LogP contribution in [-0.2, 0) is 0 Å². The van der Waals surface area contributed by atoms with Crippen LogP contribution in [-0.4, -0.2) is 17.7 Å². The van der Waals surface area contributed by atoms with Gasteiger partial charge in [0.1, 0.15) is 5.82 Å². The predicted molar refractivity (Wildman–Crippen MR) is 64.7 cm³/mol. The minimum Gasteiger partial charge on any atom is -0.315 e. The maximum absolute atomic E-state index is 13.7. The minimum absolute atomic E-state index is 0.145. The van der Waals surface area contributed by atoms with Gasteiger partial charge in [-0.3, -0.25) is 4.79 Å². The molecule has 2 heterocycles. The highest BCUT2D eigenvalue weighted by Gasteiger charge is 2.18.